The largest absolute Gasteiger partial charge is 0.382 e. The highest BCUT2D eigenvalue weighted by Gasteiger charge is 2.24. The van der Waals surface area contributed by atoms with Crippen LogP contribution >= 0.6 is 0 Å². The molecule has 1 N–H and O–H groups in total. The summed E-state index contributed by atoms with van der Waals surface area (Å²) in [7, 11) is 0. The number of unbranched alkanes of at least 4 members (excludes halogenated alkanes) is 17. The van der Waals surface area contributed by atoms with Crippen LogP contribution in [0.25, 0.3) is 0 Å². The summed E-state index contributed by atoms with van der Waals surface area (Å²) in [5.74, 6) is -0.141. The van der Waals surface area contributed by atoms with E-state index in [4.69, 9.17) is 0 Å². The maximum atomic E-state index is 12.5. The molecule has 0 radical (unpaired) electrons. The molecule has 33 heavy (non-hydrogen) atoms. The lowest BCUT2D eigenvalue weighted by Gasteiger charge is -2.16. The molecular formula is C30H47NO2. The second-order valence-corrected chi connectivity index (χ2v) is 9.73. The maximum absolute atomic E-state index is 12.5. The number of allylic oxidation sites excluding steroid dienone is 2. The van der Waals surface area contributed by atoms with Gasteiger partial charge in [-0.15, -0.1) is 0 Å². The van der Waals surface area contributed by atoms with Crippen molar-refractivity contribution in [3.63, 3.8) is 0 Å². The Morgan fingerprint density at radius 2 is 1.00 bits per heavy atom. The van der Waals surface area contributed by atoms with Crippen LogP contribution in [0.5, 0.6) is 0 Å². The van der Waals surface area contributed by atoms with E-state index >= 15 is 0 Å². The van der Waals surface area contributed by atoms with Crippen LogP contribution < -0.4 is 5.32 Å². The highest BCUT2D eigenvalue weighted by atomic mass is 16.1. The Morgan fingerprint density at radius 1 is 0.576 bits per heavy atom. The van der Waals surface area contributed by atoms with Crippen LogP contribution in [0, 0.1) is 0 Å². The molecule has 0 saturated carbocycles. The minimum atomic E-state index is -0.0782. The molecule has 1 aromatic rings. The highest BCUT2D eigenvalue weighted by Crippen LogP contribution is 2.20. The predicted octanol–water partition coefficient (Wildman–Crippen LogP) is 8.58. The minimum Gasteiger partial charge on any atom is -0.382 e. The number of fused-ring (bicyclic) bond motifs is 1. The van der Waals surface area contributed by atoms with Gasteiger partial charge in [-0.1, -0.05) is 140 Å². The molecular weight excluding hydrogens is 406 g/mol. The van der Waals surface area contributed by atoms with E-state index in [0.29, 0.717) is 16.8 Å². The topological polar surface area (TPSA) is 46.2 Å². The third-order valence-electron chi connectivity index (χ3n) is 6.80. The first-order chi connectivity index (χ1) is 16.2. The fraction of sp³-hybridized carbons (Fsp3) is 0.667. The normalized spacial score (nSPS) is 13.2. The van der Waals surface area contributed by atoms with Crippen molar-refractivity contribution in [2.75, 3.05) is 6.54 Å². The molecule has 0 spiro atoms. The van der Waals surface area contributed by atoms with E-state index in [1.807, 2.05) is 6.07 Å². The van der Waals surface area contributed by atoms with Crippen LogP contribution in [-0.4, -0.2) is 18.1 Å². The molecule has 0 unspecified atom stereocenters. The lowest BCUT2D eigenvalue weighted by molar-refractivity contribution is 0.0978. The van der Waals surface area contributed by atoms with Gasteiger partial charge in [0.25, 0.3) is 0 Å². The molecule has 3 heteroatoms. The molecule has 1 aliphatic carbocycles. The zero-order chi connectivity index (χ0) is 23.6. The van der Waals surface area contributed by atoms with Crippen molar-refractivity contribution in [2.24, 2.45) is 0 Å². The van der Waals surface area contributed by atoms with Crippen molar-refractivity contribution < 1.29 is 9.59 Å². The van der Waals surface area contributed by atoms with Gasteiger partial charge in [0.2, 0.25) is 5.78 Å². The lowest BCUT2D eigenvalue weighted by Crippen LogP contribution is -2.27. The summed E-state index contributed by atoms with van der Waals surface area (Å²) in [6.45, 7) is 3.04. The molecule has 0 amide bonds. The average molecular weight is 454 g/mol. The van der Waals surface area contributed by atoms with E-state index in [0.717, 1.165) is 13.0 Å². The molecule has 0 heterocycles. The van der Waals surface area contributed by atoms with Crippen molar-refractivity contribution in [3.8, 4) is 0 Å². The van der Waals surface area contributed by atoms with Crippen LogP contribution in [0.3, 0.4) is 0 Å². The molecule has 184 valence electrons. The molecule has 0 bridgehead atoms. The standard InChI is InChI=1S/C30H47NO2/c1-2-3-4-5-6-7-8-9-10-11-12-13-14-15-16-17-18-21-24-31-28-25-29(32)26-22-19-20-23-27(26)30(28)33/h19-20,22-23,25,31H,2-18,21,24H2,1H3. The molecule has 3 nitrogen and oxygen atoms in total. The third-order valence-corrected chi connectivity index (χ3v) is 6.80. The van der Waals surface area contributed by atoms with Crippen molar-refractivity contribution in [1.29, 1.82) is 0 Å². The van der Waals surface area contributed by atoms with Gasteiger partial charge in [-0.25, -0.2) is 0 Å². The second kappa shape index (κ2) is 17.6. The van der Waals surface area contributed by atoms with Crippen LogP contribution in [0.1, 0.15) is 143 Å². The number of benzene rings is 1. The monoisotopic (exact) mass is 453 g/mol. The summed E-state index contributed by atoms with van der Waals surface area (Å²) in [4.78, 5) is 24.7. The van der Waals surface area contributed by atoms with Crippen molar-refractivity contribution in [1.82, 2.24) is 5.32 Å². The number of hydrogen-bond acceptors (Lipinski definition) is 3. The molecule has 0 saturated heterocycles. The summed E-state index contributed by atoms with van der Waals surface area (Å²) >= 11 is 0. The summed E-state index contributed by atoms with van der Waals surface area (Å²) in [5.41, 5.74) is 1.48. The van der Waals surface area contributed by atoms with Gasteiger partial charge in [-0.2, -0.15) is 0 Å². The molecule has 2 rings (SSSR count). The Morgan fingerprint density at radius 3 is 1.48 bits per heavy atom. The second-order valence-electron chi connectivity index (χ2n) is 9.73. The SMILES string of the molecule is CCCCCCCCCCCCCCCCCCCCNC1=CC(=O)c2ccccc2C1=O. The Kier molecular flexibility index (Phi) is 14.6. The van der Waals surface area contributed by atoms with Gasteiger partial charge in [0.05, 0.1) is 5.70 Å². The molecule has 0 fully saturated rings. The van der Waals surface area contributed by atoms with Gasteiger partial charge in [0, 0.05) is 23.7 Å². The number of carbonyl (C=O) groups excluding carboxylic acids is 2. The maximum Gasteiger partial charge on any atom is 0.209 e. The fourth-order valence-electron chi connectivity index (χ4n) is 4.70. The predicted molar refractivity (Wildman–Crippen MR) is 140 cm³/mol. The van der Waals surface area contributed by atoms with E-state index in [9.17, 15) is 9.59 Å². The van der Waals surface area contributed by atoms with Crippen molar-refractivity contribution in [3.05, 3.63) is 47.2 Å². The van der Waals surface area contributed by atoms with E-state index in [-0.39, 0.29) is 11.6 Å². The van der Waals surface area contributed by atoms with E-state index in [1.165, 1.54) is 115 Å². The first kappa shape index (κ1) is 27.3. The van der Waals surface area contributed by atoms with E-state index < -0.39 is 0 Å². The van der Waals surface area contributed by atoms with Gasteiger partial charge in [-0.3, -0.25) is 9.59 Å². The molecule has 0 aromatic heterocycles. The van der Waals surface area contributed by atoms with E-state index in [1.54, 1.807) is 18.2 Å². The summed E-state index contributed by atoms with van der Waals surface area (Å²) in [6.07, 6.45) is 26.0. The smallest absolute Gasteiger partial charge is 0.209 e. The minimum absolute atomic E-state index is 0.0624. The third kappa shape index (κ3) is 11.2. The highest BCUT2D eigenvalue weighted by molar-refractivity contribution is 6.24. The van der Waals surface area contributed by atoms with Gasteiger partial charge in [0.15, 0.2) is 5.78 Å². The number of ketones is 2. The molecule has 0 atom stereocenters. The lowest BCUT2D eigenvalue weighted by atomic mass is 9.93. The Labute approximate surface area is 202 Å². The molecule has 1 aliphatic rings. The number of Topliss-reactive ketones (excluding diaryl/α,β-unsaturated/α-hetero) is 1. The Bertz CT molecular complexity index is 722. The number of carbonyl (C=O) groups is 2. The summed E-state index contributed by atoms with van der Waals surface area (Å²) in [5, 5.41) is 3.19. The quantitative estimate of drug-likeness (QED) is 0.201. The van der Waals surface area contributed by atoms with Crippen LogP contribution in [0.15, 0.2) is 36.0 Å². The summed E-state index contributed by atoms with van der Waals surface area (Å²) in [6, 6.07) is 7.07. The molecule has 0 aliphatic heterocycles. The van der Waals surface area contributed by atoms with Gasteiger partial charge in [0.1, 0.15) is 0 Å². The average Bonchev–Trinajstić information content (AvgIpc) is 2.83. The van der Waals surface area contributed by atoms with Crippen molar-refractivity contribution in [2.45, 2.75) is 122 Å². The number of hydrogen-bond donors (Lipinski definition) is 1. The first-order valence-electron chi connectivity index (χ1n) is 13.9. The Balaban J connectivity index is 1.35. The zero-order valence-corrected chi connectivity index (χ0v) is 21.1. The fourth-order valence-corrected chi connectivity index (χ4v) is 4.70. The van der Waals surface area contributed by atoms with Gasteiger partial charge in [-0.05, 0) is 6.42 Å². The van der Waals surface area contributed by atoms with Crippen LogP contribution in [0.4, 0.5) is 0 Å². The number of nitrogens with one attached hydrogen (secondary N) is 1. The van der Waals surface area contributed by atoms with Gasteiger partial charge < -0.3 is 5.32 Å². The van der Waals surface area contributed by atoms with E-state index in [2.05, 4.69) is 12.2 Å². The zero-order valence-electron chi connectivity index (χ0n) is 21.1. The van der Waals surface area contributed by atoms with Gasteiger partial charge >= 0.3 is 0 Å². The first-order valence-corrected chi connectivity index (χ1v) is 13.9. The van der Waals surface area contributed by atoms with Crippen LogP contribution in [0.2, 0.25) is 0 Å². The molecule has 1 aromatic carbocycles. The van der Waals surface area contributed by atoms with Crippen molar-refractivity contribution >= 4 is 11.6 Å². The Hall–Kier alpha value is -1.90. The summed E-state index contributed by atoms with van der Waals surface area (Å²) < 4.78 is 0. The van der Waals surface area contributed by atoms with Crippen LogP contribution in [-0.2, 0) is 0 Å². The number of rotatable bonds is 20.